The Morgan fingerprint density at radius 2 is 1.89 bits per heavy atom. The third-order valence-corrected chi connectivity index (χ3v) is 4.63. The Kier molecular flexibility index (Phi) is 5.54. The van der Waals surface area contributed by atoms with Gasteiger partial charge in [-0.05, 0) is 43.2 Å². The number of nitrogens with one attached hydrogen (secondary N) is 1. The lowest BCUT2D eigenvalue weighted by molar-refractivity contribution is -0.384. The van der Waals surface area contributed by atoms with Gasteiger partial charge in [0.1, 0.15) is 11.6 Å². The van der Waals surface area contributed by atoms with Gasteiger partial charge in [0.15, 0.2) is 0 Å². The van der Waals surface area contributed by atoms with Crippen LogP contribution in [0.3, 0.4) is 0 Å². The largest absolute Gasteiger partial charge is 0.495 e. The first-order valence-corrected chi connectivity index (χ1v) is 8.61. The SMILES string of the molecule is COc1ccc([N+](=O)[O-])cc1NC1CCN(C(=O)c2ccc(F)cc2)CC1. The second kappa shape index (κ2) is 8.03. The fourth-order valence-electron chi connectivity index (χ4n) is 3.14. The van der Waals surface area contributed by atoms with Crippen LogP contribution < -0.4 is 10.1 Å². The molecule has 0 radical (unpaired) electrons. The Bertz CT molecular complexity index is 833. The molecule has 27 heavy (non-hydrogen) atoms. The molecule has 0 unspecified atom stereocenters. The number of likely N-dealkylation sites (tertiary alicyclic amines) is 1. The minimum Gasteiger partial charge on any atom is -0.495 e. The number of non-ortho nitro benzene ring substituents is 1. The first-order chi connectivity index (χ1) is 13.0. The summed E-state index contributed by atoms with van der Waals surface area (Å²) in [5.41, 5.74) is 1.01. The molecule has 0 aliphatic carbocycles. The highest BCUT2D eigenvalue weighted by atomic mass is 19.1. The van der Waals surface area contributed by atoms with Gasteiger partial charge in [0.05, 0.1) is 17.7 Å². The summed E-state index contributed by atoms with van der Waals surface area (Å²) < 4.78 is 18.3. The topological polar surface area (TPSA) is 84.7 Å². The van der Waals surface area contributed by atoms with E-state index in [1.165, 1.54) is 43.5 Å². The molecule has 0 atom stereocenters. The van der Waals surface area contributed by atoms with E-state index in [4.69, 9.17) is 4.74 Å². The van der Waals surface area contributed by atoms with Crippen LogP contribution in [0.1, 0.15) is 23.2 Å². The van der Waals surface area contributed by atoms with Crippen molar-refractivity contribution in [2.45, 2.75) is 18.9 Å². The highest BCUT2D eigenvalue weighted by molar-refractivity contribution is 5.94. The van der Waals surface area contributed by atoms with Gasteiger partial charge in [-0.2, -0.15) is 0 Å². The van der Waals surface area contributed by atoms with Crippen molar-refractivity contribution in [3.8, 4) is 5.75 Å². The van der Waals surface area contributed by atoms with Crippen molar-refractivity contribution < 1.29 is 18.8 Å². The average Bonchev–Trinajstić information content (AvgIpc) is 2.68. The van der Waals surface area contributed by atoms with Gasteiger partial charge in [0.2, 0.25) is 0 Å². The van der Waals surface area contributed by atoms with Gasteiger partial charge in [-0.3, -0.25) is 14.9 Å². The van der Waals surface area contributed by atoms with Crippen LogP contribution in [-0.2, 0) is 0 Å². The van der Waals surface area contributed by atoms with Crippen molar-refractivity contribution >= 4 is 17.3 Å². The second-order valence-electron chi connectivity index (χ2n) is 6.36. The van der Waals surface area contributed by atoms with E-state index in [1.54, 1.807) is 11.0 Å². The summed E-state index contributed by atoms with van der Waals surface area (Å²) in [6, 6.07) is 9.99. The molecule has 0 saturated carbocycles. The number of anilines is 1. The number of benzene rings is 2. The maximum absolute atomic E-state index is 13.0. The molecule has 1 fully saturated rings. The summed E-state index contributed by atoms with van der Waals surface area (Å²) in [7, 11) is 1.51. The minimum absolute atomic E-state index is 0.0118. The zero-order valence-corrected chi connectivity index (χ0v) is 14.9. The number of carbonyl (C=O) groups is 1. The van der Waals surface area contributed by atoms with Crippen molar-refractivity contribution in [2.75, 3.05) is 25.5 Å². The maximum Gasteiger partial charge on any atom is 0.271 e. The number of rotatable bonds is 5. The molecule has 142 valence electrons. The molecule has 1 N–H and O–H groups in total. The van der Waals surface area contributed by atoms with E-state index in [1.807, 2.05) is 0 Å². The van der Waals surface area contributed by atoms with Crippen molar-refractivity contribution in [2.24, 2.45) is 0 Å². The summed E-state index contributed by atoms with van der Waals surface area (Å²) in [4.78, 5) is 24.8. The number of amides is 1. The summed E-state index contributed by atoms with van der Waals surface area (Å²) in [5.74, 6) is 0.0344. The van der Waals surface area contributed by atoms with E-state index in [0.29, 0.717) is 42.9 Å². The first kappa shape index (κ1) is 18.6. The van der Waals surface area contributed by atoms with Gasteiger partial charge in [0, 0.05) is 36.8 Å². The summed E-state index contributed by atoms with van der Waals surface area (Å²) in [5, 5.41) is 14.3. The summed E-state index contributed by atoms with van der Waals surface area (Å²) in [6.45, 7) is 1.09. The van der Waals surface area contributed by atoms with E-state index in [0.717, 1.165) is 0 Å². The molecule has 8 heteroatoms. The Balaban J connectivity index is 1.63. The van der Waals surface area contributed by atoms with Gasteiger partial charge < -0.3 is 15.0 Å². The predicted molar refractivity (Wildman–Crippen MR) is 98.6 cm³/mol. The summed E-state index contributed by atoms with van der Waals surface area (Å²) >= 11 is 0. The third-order valence-electron chi connectivity index (χ3n) is 4.63. The number of hydrogen-bond acceptors (Lipinski definition) is 5. The number of halogens is 1. The lowest BCUT2D eigenvalue weighted by Gasteiger charge is -2.33. The zero-order chi connectivity index (χ0) is 19.4. The highest BCUT2D eigenvalue weighted by Gasteiger charge is 2.24. The lowest BCUT2D eigenvalue weighted by Crippen LogP contribution is -2.42. The van der Waals surface area contributed by atoms with Crippen LogP contribution >= 0.6 is 0 Å². The van der Waals surface area contributed by atoms with Gasteiger partial charge in [-0.25, -0.2) is 4.39 Å². The van der Waals surface area contributed by atoms with Gasteiger partial charge in [0.25, 0.3) is 11.6 Å². The molecule has 1 aliphatic rings. The molecule has 2 aromatic carbocycles. The number of carbonyl (C=O) groups excluding carboxylic acids is 1. The van der Waals surface area contributed by atoms with Crippen LogP contribution in [-0.4, -0.2) is 42.0 Å². The standard InChI is InChI=1S/C19H20FN3O4/c1-27-18-7-6-16(23(25)26)12-17(18)21-15-8-10-22(11-9-15)19(24)13-2-4-14(20)5-3-13/h2-7,12,15,21H,8-11H2,1H3. The van der Waals surface area contributed by atoms with Crippen molar-refractivity contribution in [1.82, 2.24) is 4.90 Å². The molecule has 3 rings (SSSR count). The molecule has 1 amide bonds. The fourth-order valence-corrected chi connectivity index (χ4v) is 3.14. The second-order valence-corrected chi connectivity index (χ2v) is 6.36. The monoisotopic (exact) mass is 373 g/mol. The number of nitro groups is 1. The zero-order valence-electron chi connectivity index (χ0n) is 14.9. The quantitative estimate of drug-likeness (QED) is 0.641. The van der Waals surface area contributed by atoms with Crippen LogP contribution in [0.2, 0.25) is 0 Å². The van der Waals surface area contributed by atoms with E-state index >= 15 is 0 Å². The molecule has 0 aromatic heterocycles. The number of nitro benzene ring substituents is 1. The lowest BCUT2D eigenvalue weighted by atomic mass is 10.0. The van der Waals surface area contributed by atoms with Crippen molar-refractivity contribution in [3.63, 3.8) is 0 Å². The molecule has 0 bridgehead atoms. The highest BCUT2D eigenvalue weighted by Crippen LogP contribution is 2.30. The Morgan fingerprint density at radius 3 is 2.48 bits per heavy atom. The fraction of sp³-hybridized carbons (Fsp3) is 0.316. The predicted octanol–water partition coefficient (Wildman–Crippen LogP) is 3.46. The van der Waals surface area contributed by atoms with Gasteiger partial charge in [-0.15, -0.1) is 0 Å². The smallest absolute Gasteiger partial charge is 0.271 e. The van der Waals surface area contributed by atoms with Crippen LogP contribution in [0.4, 0.5) is 15.8 Å². The molecule has 1 saturated heterocycles. The van der Waals surface area contributed by atoms with Crippen molar-refractivity contribution in [1.29, 1.82) is 0 Å². The molecule has 1 heterocycles. The van der Waals surface area contributed by atoms with Crippen LogP contribution in [0.5, 0.6) is 5.75 Å². The molecule has 7 nitrogen and oxygen atoms in total. The molecule has 0 spiro atoms. The van der Waals surface area contributed by atoms with E-state index in [-0.39, 0.29) is 23.5 Å². The number of ether oxygens (including phenoxy) is 1. The maximum atomic E-state index is 13.0. The normalized spacial score (nSPS) is 14.7. The molecule has 2 aromatic rings. The molecular weight excluding hydrogens is 353 g/mol. The van der Waals surface area contributed by atoms with Gasteiger partial charge >= 0.3 is 0 Å². The number of methoxy groups -OCH3 is 1. The average molecular weight is 373 g/mol. The van der Waals surface area contributed by atoms with E-state index in [9.17, 15) is 19.3 Å². The van der Waals surface area contributed by atoms with Crippen LogP contribution in [0.15, 0.2) is 42.5 Å². The Morgan fingerprint density at radius 1 is 1.22 bits per heavy atom. The minimum atomic E-state index is -0.450. The third kappa shape index (κ3) is 4.33. The Hall–Kier alpha value is -3.16. The van der Waals surface area contributed by atoms with Crippen molar-refractivity contribution in [3.05, 3.63) is 64.0 Å². The van der Waals surface area contributed by atoms with Gasteiger partial charge in [-0.1, -0.05) is 0 Å². The Labute approximate surface area is 155 Å². The van der Waals surface area contributed by atoms with Crippen LogP contribution in [0, 0.1) is 15.9 Å². The number of nitrogens with zero attached hydrogens (tertiary/aromatic N) is 2. The molecular formula is C19H20FN3O4. The molecule has 1 aliphatic heterocycles. The number of hydrogen-bond donors (Lipinski definition) is 1. The van der Waals surface area contributed by atoms with Crippen LogP contribution in [0.25, 0.3) is 0 Å². The number of piperidine rings is 1. The van der Waals surface area contributed by atoms with E-state index in [2.05, 4.69) is 5.32 Å². The first-order valence-electron chi connectivity index (χ1n) is 8.61. The van der Waals surface area contributed by atoms with E-state index < -0.39 is 4.92 Å². The summed E-state index contributed by atoms with van der Waals surface area (Å²) in [6.07, 6.45) is 1.39.